The van der Waals surface area contributed by atoms with E-state index in [4.69, 9.17) is 4.74 Å². The molecule has 0 fully saturated rings. The average Bonchev–Trinajstić information content (AvgIpc) is 2.83. The smallest absolute Gasteiger partial charge is 0.341 e. The van der Waals surface area contributed by atoms with Crippen LogP contribution in [0.2, 0.25) is 0 Å². The Morgan fingerprint density at radius 2 is 2.05 bits per heavy atom. The zero-order valence-electron chi connectivity index (χ0n) is 10.9. The number of benzene rings is 1. The number of nitrogens with zero attached hydrogens (tertiary/aromatic N) is 2. The molecular weight excluding hydrogens is 247 g/mol. The SMILES string of the molecule is CCCc1c(C(=O)OC)cnn1-c1ccc(F)cc1. The van der Waals surface area contributed by atoms with Crippen LogP contribution >= 0.6 is 0 Å². The van der Waals surface area contributed by atoms with Crippen molar-refractivity contribution in [1.29, 1.82) is 0 Å². The van der Waals surface area contributed by atoms with Crippen LogP contribution in [0.1, 0.15) is 29.4 Å². The summed E-state index contributed by atoms with van der Waals surface area (Å²) in [4.78, 5) is 11.7. The van der Waals surface area contributed by atoms with Gasteiger partial charge >= 0.3 is 5.97 Å². The first-order valence-electron chi connectivity index (χ1n) is 6.08. The lowest BCUT2D eigenvalue weighted by molar-refractivity contribution is 0.0599. The fourth-order valence-electron chi connectivity index (χ4n) is 1.94. The molecule has 0 saturated carbocycles. The highest BCUT2D eigenvalue weighted by atomic mass is 19.1. The monoisotopic (exact) mass is 262 g/mol. The van der Waals surface area contributed by atoms with Gasteiger partial charge in [-0.05, 0) is 30.7 Å². The molecule has 2 aromatic rings. The minimum atomic E-state index is -0.406. The van der Waals surface area contributed by atoms with Crippen LogP contribution < -0.4 is 0 Å². The van der Waals surface area contributed by atoms with E-state index >= 15 is 0 Å². The molecule has 0 aliphatic heterocycles. The molecule has 4 nitrogen and oxygen atoms in total. The van der Waals surface area contributed by atoms with E-state index in [1.807, 2.05) is 6.92 Å². The molecule has 0 amide bonds. The maximum atomic E-state index is 12.9. The number of carbonyl (C=O) groups excluding carboxylic acids is 1. The zero-order chi connectivity index (χ0) is 13.8. The molecule has 0 atom stereocenters. The van der Waals surface area contributed by atoms with Crippen LogP contribution in [0, 0.1) is 5.82 Å². The Kier molecular flexibility index (Phi) is 3.94. The molecule has 0 aliphatic carbocycles. The number of carbonyl (C=O) groups is 1. The fourth-order valence-corrected chi connectivity index (χ4v) is 1.94. The Labute approximate surface area is 110 Å². The van der Waals surface area contributed by atoms with Crippen molar-refractivity contribution >= 4 is 5.97 Å². The molecule has 0 aliphatic rings. The van der Waals surface area contributed by atoms with E-state index in [2.05, 4.69) is 5.10 Å². The fraction of sp³-hybridized carbons (Fsp3) is 0.286. The lowest BCUT2D eigenvalue weighted by Gasteiger charge is -2.08. The van der Waals surface area contributed by atoms with E-state index in [0.717, 1.165) is 17.8 Å². The van der Waals surface area contributed by atoms with Gasteiger partial charge in [0.15, 0.2) is 0 Å². The lowest BCUT2D eigenvalue weighted by atomic mass is 10.1. The Balaban J connectivity index is 2.48. The van der Waals surface area contributed by atoms with Crippen molar-refractivity contribution in [3.63, 3.8) is 0 Å². The molecule has 1 aromatic carbocycles. The maximum Gasteiger partial charge on any atom is 0.341 e. The molecule has 0 saturated heterocycles. The van der Waals surface area contributed by atoms with Crippen LogP contribution in [0.5, 0.6) is 0 Å². The van der Waals surface area contributed by atoms with Crippen molar-refractivity contribution in [2.75, 3.05) is 7.11 Å². The highest BCUT2D eigenvalue weighted by Gasteiger charge is 2.18. The first-order valence-corrected chi connectivity index (χ1v) is 6.08. The van der Waals surface area contributed by atoms with Gasteiger partial charge in [-0.1, -0.05) is 13.3 Å². The maximum absolute atomic E-state index is 12.9. The number of hydrogen-bond acceptors (Lipinski definition) is 3. The Bertz CT molecular complexity index is 576. The lowest BCUT2D eigenvalue weighted by Crippen LogP contribution is -2.08. The molecule has 5 heteroatoms. The summed E-state index contributed by atoms with van der Waals surface area (Å²) >= 11 is 0. The summed E-state index contributed by atoms with van der Waals surface area (Å²) in [6, 6.07) is 5.99. The third kappa shape index (κ3) is 2.65. The van der Waals surface area contributed by atoms with E-state index in [9.17, 15) is 9.18 Å². The minimum absolute atomic E-state index is 0.305. The highest BCUT2D eigenvalue weighted by Crippen LogP contribution is 2.18. The topological polar surface area (TPSA) is 44.1 Å². The van der Waals surface area contributed by atoms with E-state index in [0.29, 0.717) is 12.0 Å². The van der Waals surface area contributed by atoms with E-state index < -0.39 is 5.97 Å². The second-order valence-electron chi connectivity index (χ2n) is 4.13. The van der Waals surface area contributed by atoms with Crippen LogP contribution in [0.4, 0.5) is 4.39 Å². The second kappa shape index (κ2) is 5.65. The van der Waals surface area contributed by atoms with Gasteiger partial charge in [0.2, 0.25) is 0 Å². The summed E-state index contributed by atoms with van der Waals surface area (Å²) in [5.74, 6) is -0.710. The minimum Gasteiger partial charge on any atom is -0.465 e. The molecule has 0 N–H and O–H groups in total. The standard InChI is InChI=1S/C14H15FN2O2/c1-3-4-13-12(14(18)19-2)9-16-17(13)11-7-5-10(15)6-8-11/h5-9H,3-4H2,1-2H3. The van der Waals surface area contributed by atoms with Crippen LogP contribution in [0.25, 0.3) is 5.69 Å². The summed E-state index contributed by atoms with van der Waals surface area (Å²) in [6.45, 7) is 2.02. The zero-order valence-corrected chi connectivity index (χ0v) is 10.9. The quantitative estimate of drug-likeness (QED) is 0.796. The van der Waals surface area contributed by atoms with Gasteiger partial charge in [0, 0.05) is 0 Å². The number of hydrogen-bond donors (Lipinski definition) is 0. The Morgan fingerprint density at radius 1 is 1.37 bits per heavy atom. The van der Waals surface area contributed by atoms with Gasteiger partial charge in [0.25, 0.3) is 0 Å². The molecule has 0 bridgehead atoms. The van der Waals surface area contributed by atoms with Crippen molar-refractivity contribution in [2.45, 2.75) is 19.8 Å². The summed E-state index contributed by atoms with van der Waals surface area (Å²) in [5, 5.41) is 4.20. The second-order valence-corrected chi connectivity index (χ2v) is 4.13. The molecule has 1 aromatic heterocycles. The first-order chi connectivity index (χ1) is 9.17. The van der Waals surface area contributed by atoms with Crippen molar-refractivity contribution < 1.29 is 13.9 Å². The van der Waals surface area contributed by atoms with Gasteiger partial charge < -0.3 is 4.74 Å². The summed E-state index contributed by atoms with van der Waals surface area (Å²) in [7, 11) is 1.34. The van der Waals surface area contributed by atoms with Gasteiger partial charge in [0.05, 0.1) is 24.7 Å². The van der Waals surface area contributed by atoms with Crippen molar-refractivity contribution in [3.8, 4) is 5.69 Å². The number of aromatic nitrogens is 2. The summed E-state index contributed by atoms with van der Waals surface area (Å²) in [6.07, 6.45) is 3.05. The predicted octanol–water partition coefficient (Wildman–Crippen LogP) is 2.75. The van der Waals surface area contributed by atoms with E-state index in [1.165, 1.54) is 25.4 Å². The van der Waals surface area contributed by atoms with Crippen LogP contribution in [0.3, 0.4) is 0 Å². The van der Waals surface area contributed by atoms with E-state index in [-0.39, 0.29) is 5.82 Å². The van der Waals surface area contributed by atoms with Gasteiger partial charge in [-0.25, -0.2) is 13.9 Å². The highest BCUT2D eigenvalue weighted by molar-refractivity contribution is 5.90. The third-order valence-electron chi connectivity index (χ3n) is 2.83. The Morgan fingerprint density at radius 3 is 2.63 bits per heavy atom. The van der Waals surface area contributed by atoms with Crippen LogP contribution in [-0.4, -0.2) is 22.9 Å². The first kappa shape index (κ1) is 13.3. The summed E-state index contributed by atoms with van der Waals surface area (Å²) in [5.41, 5.74) is 1.95. The average molecular weight is 262 g/mol. The van der Waals surface area contributed by atoms with Crippen molar-refractivity contribution in [2.24, 2.45) is 0 Å². The normalized spacial score (nSPS) is 10.5. The van der Waals surface area contributed by atoms with Gasteiger partial charge in [-0.3, -0.25) is 0 Å². The molecule has 2 rings (SSSR count). The molecule has 19 heavy (non-hydrogen) atoms. The summed E-state index contributed by atoms with van der Waals surface area (Å²) < 4.78 is 19.3. The molecular formula is C14H15FN2O2. The van der Waals surface area contributed by atoms with Gasteiger partial charge in [0.1, 0.15) is 11.4 Å². The van der Waals surface area contributed by atoms with Gasteiger partial charge in [-0.2, -0.15) is 5.10 Å². The number of halogens is 1. The molecule has 0 spiro atoms. The number of ether oxygens (including phenoxy) is 1. The van der Waals surface area contributed by atoms with Crippen molar-refractivity contribution in [3.05, 3.63) is 47.5 Å². The van der Waals surface area contributed by atoms with Crippen LogP contribution in [-0.2, 0) is 11.2 Å². The predicted molar refractivity (Wildman–Crippen MR) is 68.9 cm³/mol. The molecule has 0 unspecified atom stereocenters. The number of methoxy groups -OCH3 is 1. The molecule has 0 radical (unpaired) electrons. The van der Waals surface area contributed by atoms with Crippen molar-refractivity contribution in [1.82, 2.24) is 9.78 Å². The van der Waals surface area contributed by atoms with E-state index in [1.54, 1.807) is 16.8 Å². The Hall–Kier alpha value is -2.17. The molecule has 100 valence electrons. The number of rotatable bonds is 4. The largest absolute Gasteiger partial charge is 0.465 e. The number of esters is 1. The van der Waals surface area contributed by atoms with Crippen LogP contribution in [0.15, 0.2) is 30.5 Å². The third-order valence-corrected chi connectivity index (χ3v) is 2.83. The van der Waals surface area contributed by atoms with Gasteiger partial charge in [-0.15, -0.1) is 0 Å². The molecule has 1 heterocycles.